The van der Waals surface area contributed by atoms with Crippen molar-refractivity contribution < 1.29 is 23.9 Å². The van der Waals surface area contributed by atoms with Crippen LogP contribution in [0.5, 0.6) is 0 Å². The van der Waals surface area contributed by atoms with Crippen molar-refractivity contribution in [2.45, 2.75) is 44.9 Å². The first-order valence-corrected chi connectivity index (χ1v) is 7.68. The van der Waals surface area contributed by atoms with Crippen LogP contribution in [0, 0.1) is 0 Å². The van der Waals surface area contributed by atoms with E-state index in [1.54, 1.807) is 0 Å². The van der Waals surface area contributed by atoms with Crippen molar-refractivity contribution in [3.8, 4) is 0 Å². The number of carbonyl (C=O) groups is 2. The first-order valence-electron chi connectivity index (χ1n) is 7.68. The van der Waals surface area contributed by atoms with Crippen LogP contribution >= 0.6 is 0 Å². The summed E-state index contributed by atoms with van der Waals surface area (Å²) < 4.78 is 5.86. The van der Waals surface area contributed by atoms with E-state index in [-0.39, 0.29) is 12.4 Å². The van der Waals surface area contributed by atoms with E-state index in [9.17, 15) is 14.7 Å². The molecule has 0 bridgehead atoms. The number of nitrogens with zero attached hydrogens (tertiary/aromatic N) is 1. The number of carboxylic acids is 1. The fraction of sp³-hybridized carbons (Fsp3) is 0.750. The summed E-state index contributed by atoms with van der Waals surface area (Å²) in [5.74, 6) is -1.32. The average molecular weight is 299 g/mol. The highest BCUT2D eigenvalue weighted by atomic mass is 16.5. The van der Waals surface area contributed by atoms with Gasteiger partial charge >= 0.3 is 5.97 Å². The van der Waals surface area contributed by atoms with Crippen LogP contribution in [-0.4, -0.2) is 50.2 Å². The molecule has 0 aliphatic rings. The van der Waals surface area contributed by atoms with Crippen LogP contribution in [0.3, 0.4) is 0 Å². The minimum Gasteiger partial charge on any atom is -0.550 e. The molecule has 0 rings (SSSR count). The van der Waals surface area contributed by atoms with E-state index < -0.39 is 5.97 Å². The fourth-order valence-corrected chi connectivity index (χ4v) is 2.18. The summed E-state index contributed by atoms with van der Waals surface area (Å²) in [4.78, 5) is 21.1. The highest BCUT2D eigenvalue weighted by Crippen LogP contribution is 2.09. The number of hydrogen-bond donors (Lipinski definition) is 0. The Morgan fingerprint density at radius 3 is 2.24 bits per heavy atom. The van der Waals surface area contributed by atoms with Gasteiger partial charge in [0.25, 0.3) is 0 Å². The maximum Gasteiger partial charge on any atom is 0.330 e. The second-order valence-corrected chi connectivity index (χ2v) is 6.00. The van der Waals surface area contributed by atoms with Gasteiger partial charge in [-0.2, -0.15) is 0 Å². The second kappa shape index (κ2) is 11.3. The number of hydrogen-bond acceptors (Lipinski definition) is 4. The Balaban J connectivity index is 3.52. The van der Waals surface area contributed by atoms with E-state index in [0.29, 0.717) is 6.61 Å². The molecule has 0 saturated carbocycles. The van der Waals surface area contributed by atoms with Crippen molar-refractivity contribution in [2.75, 3.05) is 33.8 Å². The molecule has 0 aliphatic carbocycles. The lowest BCUT2D eigenvalue weighted by atomic mass is 10.1. The molecular weight excluding hydrogens is 270 g/mol. The van der Waals surface area contributed by atoms with Gasteiger partial charge in [0.15, 0.2) is 0 Å². The number of carboxylic acid groups (broad SMARTS) is 1. The van der Waals surface area contributed by atoms with Crippen molar-refractivity contribution in [1.82, 2.24) is 0 Å². The van der Waals surface area contributed by atoms with Crippen molar-refractivity contribution in [1.29, 1.82) is 0 Å². The summed E-state index contributed by atoms with van der Waals surface area (Å²) >= 11 is 0. The molecule has 5 nitrogen and oxygen atoms in total. The summed E-state index contributed by atoms with van der Waals surface area (Å²) in [5, 5.41) is 10.3. The second-order valence-electron chi connectivity index (χ2n) is 6.00. The quantitative estimate of drug-likeness (QED) is 0.222. The third-order valence-corrected chi connectivity index (χ3v) is 3.46. The van der Waals surface area contributed by atoms with Crippen molar-refractivity contribution >= 4 is 11.9 Å². The van der Waals surface area contributed by atoms with Gasteiger partial charge in [0, 0.05) is 18.5 Å². The van der Waals surface area contributed by atoms with Crippen LogP contribution in [0.1, 0.15) is 44.9 Å². The van der Waals surface area contributed by atoms with Gasteiger partial charge in [-0.15, -0.1) is 0 Å². The third kappa shape index (κ3) is 13.4. The number of carbonyl (C=O) groups excluding carboxylic acids is 2. The Morgan fingerprint density at radius 2 is 1.62 bits per heavy atom. The number of unbranched alkanes of at least 4 members (excludes halogenated alkanes) is 4. The summed E-state index contributed by atoms with van der Waals surface area (Å²) in [6.07, 6.45) is 7.20. The maximum absolute atomic E-state index is 10.9. The molecule has 0 heterocycles. The van der Waals surface area contributed by atoms with Gasteiger partial charge in [0.05, 0.1) is 33.8 Å². The summed E-state index contributed by atoms with van der Waals surface area (Å²) in [6.45, 7) is 5.84. The van der Waals surface area contributed by atoms with Gasteiger partial charge in [0.1, 0.15) is 0 Å². The molecule has 0 saturated heterocycles. The standard InChI is InChI=1S/C16H29NO4/c1-4-16(20)21-14-10-13-17(2,3)12-9-7-5-6-8-11-15(18)19/h4H,1,5-14H2,2-3H3. The van der Waals surface area contributed by atoms with Crippen LogP contribution in [0.2, 0.25) is 0 Å². The van der Waals surface area contributed by atoms with E-state index >= 15 is 0 Å². The largest absolute Gasteiger partial charge is 0.550 e. The lowest BCUT2D eigenvalue weighted by Gasteiger charge is -2.29. The molecule has 0 aromatic carbocycles. The minimum absolute atomic E-state index is 0.172. The molecule has 0 unspecified atom stereocenters. The zero-order valence-electron chi connectivity index (χ0n) is 13.4. The Morgan fingerprint density at radius 1 is 1.05 bits per heavy atom. The van der Waals surface area contributed by atoms with Gasteiger partial charge in [-0.3, -0.25) is 0 Å². The van der Waals surface area contributed by atoms with Crippen molar-refractivity contribution in [3.63, 3.8) is 0 Å². The number of rotatable bonds is 13. The van der Waals surface area contributed by atoms with Crippen LogP contribution in [0.25, 0.3) is 0 Å². The van der Waals surface area contributed by atoms with E-state index in [2.05, 4.69) is 20.7 Å². The molecule has 21 heavy (non-hydrogen) atoms. The number of ether oxygens (including phenoxy) is 1. The molecule has 0 atom stereocenters. The van der Waals surface area contributed by atoms with Gasteiger partial charge in [-0.1, -0.05) is 19.4 Å². The monoisotopic (exact) mass is 299 g/mol. The normalized spacial score (nSPS) is 11.1. The molecule has 0 aliphatic heterocycles. The summed E-state index contributed by atoms with van der Waals surface area (Å²) in [6, 6.07) is 0. The lowest BCUT2D eigenvalue weighted by molar-refractivity contribution is -0.890. The van der Waals surface area contributed by atoms with Crippen molar-refractivity contribution in [3.05, 3.63) is 12.7 Å². The topological polar surface area (TPSA) is 66.4 Å². The fourth-order valence-electron chi connectivity index (χ4n) is 2.18. The SMILES string of the molecule is C=CC(=O)OCCC[N+](C)(C)CCCCCCCC(=O)[O-]. The smallest absolute Gasteiger partial charge is 0.330 e. The van der Waals surface area contributed by atoms with Crippen LogP contribution in [0.4, 0.5) is 0 Å². The molecule has 0 radical (unpaired) electrons. The summed E-state index contributed by atoms with van der Waals surface area (Å²) in [5.41, 5.74) is 0. The van der Waals surface area contributed by atoms with E-state index in [4.69, 9.17) is 4.74 Å². The Labute approximate surface area is 128 Å². The highest BCUT2D eigenvalue weighted by molar-refractivity contribution is 5.81. The van der Waals surface area contributed by atoms with Crippen LogP contribution in [-0.2, 0) is 14.3 Å². The van der Waals surface area contributed by atoms with Crippen molar-refractivity contribution in [2.24, 2.45) is 0 Å². The summed E-state index contributed by atoms with van der Waals surface area (Å²) in [7, 11) is 4.34. The number of quaternary nitrogens is 1. The molecule has 0 aromatic rings. The Hall–Kier alpha value is -1.36. The van der Waals surface area contributed by atoms with Crippen LogP contribution < -0.4 is 5.11 Å². The lowest BCUT2D eigenvalue weighted by Crippen LogP contribution is -2.41. The molecule has 0 N–H and O–H groups in total. The Bertz CT molecular complexity index is 326. The average Bonchev–Trinajstić information content (AvgIpc) is 2.41. The molecule has 0 aromatic heterocycles. The van der Waals surface area contributed by atoms with E-state index in [1.165, 1.54) is 6.08 Å². The number of aliphatic carboxylic acids is 1. The van der Waals surface area contributed by atoms with Gasteiger partial charge in [-0.05, 0) is 25.7 Å². The zero-order chi connectivity index (χ0) is 16.1. The number of esters is 1. The minimum atomic E-state index is -0.954. The van der Waals surface area contributed by atoms with Crippen LogP contribution in [0.15, 0.2) is 12.7 Å². The molecule has 0 fully saturated rings. The highest BCUT2D eigenvalue weighted by Gasteiger charge is 2.14. The first kappa shape index (κ1) is 19.6. The molecule has 122 valence electrons. The van der Waals surface area contributed by atoms with Gasteiger partial charge < -0.3 is 19.1 Å². The maximum atomic E-state index is 10.9. The van der Waals surface area contributed by atoms with E-state index in [0.717, 1.165) is 56.1 Å². The zero-order valence-corrected chi connectivity index (χ0v) is 13.4. The molecule has 5 heteroatoms. The first-order chi connectivity index (χ1) is 9.87. The predicted octanol–water partition coefficient (Wildman–Crippen LogP) is 1.27. The Kier molecular flexibility index (Phi) is 10.6. The molecule has 0 amide bonds. The predicted molar refractivity (Wildman–Crippen MR) is 80.3 cm³/mol. The molecule has 0 spiro atoms. The third-order valence-electron chi connectivity index (χ3n) is 3.46. The van der Waals surface area contributed by atoms with E-state index in [1.807, 2.05) is 0 Å². The van der Waals surface area contributed by atoms with Gasteiger partial charge in [0.2, 0.25) is 0 Å². The molecular formula is C16H29NO4. The van der Waals surface area contributed by atoms with Gasteiger partial charge in [-0.25, -0.2) is 4.79 Å².